The van der Waals surface area contributed by atoms with Crippen LogP contribution >= 0.6 is 11.8 Å². The van der Waals surface area contributed by atoms with Gasteiger partial charge in [-0.1, -0.05) is 20.8 Å². The first-order chi connectivity index (χ1) is 9.35. The summed E-state index contributed by atoms with van der Waals surface area (Å²) in [7, 11) is 0. The maximum absolute atomic E-state index is 12.8. The van der Waals surface area contributed by atoms with Gasteiger partial charge in [0.25, 0.3) is 0 Å². The van der Waals surface area contributed by atoms with Gasteiger partial charge >= 0.3 is 0 Å². The van der Waals surface area contributed by atoms with Gasteiger partial charge in [-0.3, -0.25) is 9.59 Å². The monoisotopic (exact) mass is 300 g/mol. The summed E-state index contributed by atoms with van der Waals surface area (Å²) in [6.45, 7) is 10.4. The number of amides is 2. The summed E-state index contributed by atoms with van der Waals surface area (Å²) in [5.74, 6) is 2.16. The van der Waals surface area contributed by atoms with E-state index in [2.05, 4.69) is 12.2 Å². The molecule has 0 aromatic heterocycles. The Kier molecular flexibility index (Phi) is 5.92. The van der Waals surface area contributed by atoms with E-state index in [1.54, 1.807) is 4.90 Å². The predicted octanol–water partition coefficient (Wildman–Crippen LogP) is 2.43. The van der Waals surface area contributed by atoms with E-state index in [-0.39, 0.29) is 11.8 Å². The van der Waals surface area contributed by atoms with Crippen LogP contribution in [0.4, 0.5) is 0 Å². The fourth-order valence-electron chi connectivity index (χ4n) is 2.64. The van der Waals surface area contributed by atoms with Crippen LogP contribution in [-0.2, 0) is 9.59 Å². The van der Waals surface area contributed by atoms with Gasteiger partial charge in [0.1, 0.15) is 11.1 Å². The van der Waals surface area contributed by atoms with E-state index in [4.69, 9.17) is 0 Å². The van der Waals surface area contributed by atoms with Gasteiger partial charge in [-0.15, -0.1) is 0 Å². The highest BCUT2D eigenvalue weighted by atomic mass is 32.2. The molecule has 0 unspecified atom stereocenters. The lowest BCUT2D eigenvalue weighted by Gasteiger charge is -2.49. The summed E-state index contributed by atoms with van der Waals surface area (Å²) >= 11 is 1.87. The molecule has 1 aliphatic heterocycles. The summed E-state index contributed by atoms with van der Waals surface area (Å²) in [4.78, 5) is 27.0. The SMILES string of the molecule is CCSCCCN1C(=O)C(CC)(CC)NC(=O)C1(C)C. The van der Waals surface area contributed by atoms with Crippen LogP contribution in [0.15, 0.2) is 0 Å². The largest absolute Gasteiger partial charge is 0.340 e. The van der Waals surface area contributed by atoms with Crippen molar-refractivity contribution in [2.24, 2.45) is 0 Å². The molecule has 0 spiro atoms. The van der Waals surface area contributed by atoms with Crippen molar-refractivity contribution >= 4 is 23.6 Å². The number of carbonyl (C=O) groups excluding carboxylic acids is 2. The van der Waals surface area contributed by atoms with Gasteiger partial charge in [-0.05, 0) is 44.6 Å². The molecule has 0 aromatic rings. The van der Waals surface area contributed by atoms with Crippen LogP contribution in [0.3, 0.4) is 0 Å². The van der Waals surface area contributed by atoms with E-state index in [1.807, 2.05) is 39.5 Å². The smallest absolute Gasteiger partial charge is 0.249 e. The minimum atomic E-state index is -0.748. The maximum atomic E-state index is 12.8. The van der Waals surface area contributed by atoms with E-state index in [9.17, 15) is 9.59 Å². The fourth-order valence-corrected chi connectivity index (χ4v) is 3.26. The molecule has 1 aliphatic rings. The van der Waals surface area contributed by atoms with E-state index in [0.29, 0.717) is 19.4 Å². The molecule has 1 saturated heterocycles. The summed E-state index contributed by atoms with van der Waals surface area (Å²) < 4.78 is 0. The molecule has 1 N–H and O–H groups in total. The third kappa shape index (κ3) is 3.13. The number of hydrogen-bond donors (Lipinski definition) is 1. The zero-order valence-electron chi connectivity index (χ0n) is 13.4. The van der Waals surface area contributed by atoms with Crippen LogP contribution < -0.4 is 5.32 Å². The highest BCUT2D eigenvalue weighted by molar-refractivity contribution is 7.99. The first-order valence-electron chi connectivity index (χ1n) is 7.58. The third-order valence-corrected chi connectivity index (χ3v) is 5.31. The molecular weight excluding hydrogens is 272 g/mol. The fraction of sp³-hybridized carbons (Fsp3) is 0.867. The van der Waals surface area contributed by atoms with Crippen LogP contribution in [0.5, 0.6) is 0 Å². The second kappa shape index (κ2) is 6.83. The molecular formula is C15H28N2O2S. The van der Waals surface area contributed by atoms with Gasteiger partial charge < -0.3 is 10.2 Å². The Hall–Kier alpha value is -0.710. The molecule has 1 fully saturated rings. The molecule has 4 nitrogen and oxygen atoms in total. The third-order valence-electron chi connectivity index (χ3n) is 4.32. The lowest BCUT2D eigenvalue weighted by Crippen LogP contribution is -2.73. The van der Waals surface area contributed by atoms with Gasteiger partial charge in [0.2, 0.25) is 11.8 Å². The molecule has 5 heteroatoms. The van der Waals surface area contributed by atoms with Crippen molar-refractivity contribution in [2.45, 2.75) is 65.0 Å². The Morgan fingerprint density at radius 3 is 2.25 bits per heavy atom. The molecule has 1 heterocycles. The number of nitrogens with one attached hydrogen (secondary N) is 1. The Balaban J connectivity index is 2.90. The van der Waals surface area contributed by atoms with Crippen LogP contribution in [0, 0.1) is 0 Å². The second-order valence-corrected chi connectivity index (χ2v) is 7.20. The van der Waals surface area contributed by atoms with Crippen molar-refractivity contribution in [2.75, 3.05) is 18.1 Å². The molecule has 0 atom stereocenters. The average Bonchev–Trinajstić information content (AvgIpc) is 2.42. The van der Waals surface area contributed by atoms with E-state index >= 15 is 0 Å². The van der Waals surface area contributed by atoms with Crippen molar-refractivity contribution in [1.82, 2.24) is 10.2 Å². The molecule has 0 radical (unpaired) electrons. The van der Waals surface area contributed by atoms with E-state index < -0.39 is 11.1 Å². The zero-order chi connectivity index (χ0) is 15.4. The summed E-state index contributed by atoms with van der Waals surface area (Å²) in [5.41, 5.74) is -1.45. The van der Waals surface area contributed by atoms with Gasteiger partial charge in [0.15, 0.2) is 0 Å². The molecule has 0 aliphatic carbocycles. The standard InChI is InChI=1S/C15H28N2O2S/c1-6-15(7-2)13(19)17(10-9-11-20-8-3)14(4,5)12(18)16-15/h6-11H2,1-5H3,(H,16,18). The predicted molar refractivity (Wildman–Crippen MR) is 84.9 cm³/mol. The minimum absolute atomic E-state index is 0.0380. The van der Waals surface area contributed by atoms with Crippen molar-refractivity contribution in [3.8, 4) is 0 Å². The number of hydrogen-bond acceptors (Lipinski definition) is 3. The van der Waals surface area contributed by atoms with Crippen LogP contribution in [0.2, 0.25) is 0 Å². The molecule has 1 rings (SSSR count). The summed E-state index contributed by atoms with van der Waals surface area (Å²) in [6, 6.07) is 0. The first kappa shape index (κ1) is 17.3. The first-order valence-corrected chi connectivity index (χ1v) is 8.73. The van der Waals surface area contributed by atoms with Gasteiger partial charge in [-0.2, -0.15) is 11.8 Å². The van der Waals surface area contributed by atoms with Crippen molar-refractivity contribution in [1.29, 1.82) is 0 Å². The zero-order valence-corrected chi connectivity index (χ0v) is 14.2. The number of nitrogens with zero attached hydrogens (tertiary/aromatic N) is 1. The molecule has 20 heavy (non-hydrogen) atoms. The molecule has 0 saturated carbocycles. The van der Waals surface area contributed by atoms with Gasteiger partial charge in [-0.25, -0.2) is 0 Å². The van der Waals surface area contributed by atoms with Crippen LogP contribution in [-0.4, -0.2) is 45.8 Å². The minimum Gasteiger partial charge on any atom is -0.340 e. The van der Waals surface area contributed by atoms with Crippen LogP contribution in [0.1, 0.15) is 53.9 Å². The van der Waals surface area contributed by atoms with Gasteiger partial charge in [0.05, 0.1) is 0 Å². The summed E-state index contributed by atoms with van der Waals surface area (Å²) in [5, 5.41) is 2.97. The lowest BCUT2D eigenvalue weighted by atomic mass is 9.83. The van der Waals surface area contributed by atoms with Crippen molar-refractivity contribution < 1.29 is 9.59 Å². The number of carbonyl (C=O) groups is 2. The van der Waals surface area contributed by atoms with Crippen LogP contribution in [0.25, 0.3) is 0 Å². The molecule has 0 aromatic carbocycles. The number of piperazine rings is 1. The lowest BCUT2D eigenvalue weighted by molar-refractivity contribution is -0.161. The maximum Gasteiger partial charge on any atom is 0.249 e. The number of thioether (sulfide) groups is 1. The Morgan fingerprint density at radius 2 is 1.75 bits per heavy atom. The quantitative estimate of drug-likeness (QED) is 0.735. The Labute approximate surface area is 127 Å². The topological polar surface area (TPSA) is 49.4 Å². The van der Waals surface area contributed by atoms with E-state index in [1.165, 1.54) is 0 Å². The van der Waals surface area contributed by atoms with Crippen molar-refractivity contribution in [3.63, 3.8) is 0 Å². The Morgan fingerprint density at radius 1 is 1.15 bits per heavy atom. The normalized spacial score (nSPS) is 20.9. The molecule has 116 valence electrons. The van der Waals surface area contributed by atoms with Crippen molar-refractivity contribution in [3.05, 3.63) is 0 Å². The second-order valence-electron chi connectivity index (χ2n) is 5.81. The highest BCUT2D eigenvalue weighted by Gasteiger charge is 2.52. The average molecular weight is 300 g/mol. The highest BCUT2D eigenvalue weighted by Crippen LogP contribution is 2.30. The molecule has 2 amide bonds. The Bertz CT molecular complexity index is 365. The number of rotatable bonds is 7. The van der Waals surface area contributed by atoms with E-state index in [0.717, 1.165) is 17.9 Å². The summed E-state index contributed by atoms with van der Waals surface area (Å²) in [6.07, 6.45) is 2.22. The molecule has 0 bridgehead atoms. The van der Waals surface area contributed by atoms with Gasteiger partial charge in [0, 0.05) is 6.54 Å².